The molecule has 1 saturated heterocycles. The van der Waals surface area contributed by atoms with E-state index in [4.69, 9.17) is 0 Å². The SMILES string of the molecule is CC(=O)N1CCCN(C(=O)N[C@@H]2CCCC[C@@H]2C(C)C)CC1. The van der Waals surface area contributed by atoms with Crippen LogP contribution in [0.5, 0.6) is 0 Å². The highest BCUT2D eigenvalue weighted by atomic mass is 16.2. The number of hydrogen-bond donors (Lipinski definition) is 1. The van der Waals surface area contributed by atoms with E-state index < -0.39 is 0 Å². The van der Waals surface area contributed by atoms with Gasteiger partial charge in [0, 0.05) is 39.1 Å². The number of urea groups is 1. The Labute approximate surface area is 134 Å². The topological polar surface area (TPSA) is 52.7 Å². The first-order valence-corrected chi connectivity index (χ1v) is 8.80. The molecule has 0 radical (unpaired) electrons. The Balaban J connectivity index is 1.89. The average molecular weight is 309 g/mol. The van der Waals surface area contributed by atoms with Crippen LogP contribution < -0.4 is 5.32 Å². The molecule has 5 nitrogen and oxygen atoms in total. The van der Waals surface area contributed by atoms with Crippen molar-refractivity contribution in [2.75, 3.05) is 26.2 Å². The van der Waals surface area contributed by atoms with Crippen LogP contribution in [-0.2, 0) is 4.79 Å². The van der Waals surface area contributed by atoms with Crippen molar-refractivity contribution in [3.63, 3.8) is 0 Å². The molecule has 1 heterocycles. The summed E-state index contributed by atoms with van der Waals surface area (Å²) in [5.74, 6) is 1.32. The van der Waals surface area contributed by atoms with E-state index in [9.17, 15) is 9.59 Å². The number of nitrogens with one attached hydrogen (secondary N) is 1. The van der Waals surface area contributed by atoms with E-state index in [1.54, 1.807) is 6.92 Å². The monoisotopic (exact) mass is 309 g/mol. The van der Waals surface area contributed by atoms with Crippen LogP contribution in [0.1, 0.15) is 52.9 Å². The van der Waals surface area contributed by atoms with E-state index in [0.717, 1.165) is 25.9 Å². The molecule has 0 spiro atoms. The quantitative estimate of drug-likeness (QED) is 0.852. The van der Waals surface area contributed by atoms with Crippen LogP contribution in [0, 0.1) is 11.8 Å². The minimum absolute atomic E-state index is 0.0583. The molecule has 0 aromatic rings. The van der Waals surface area contributed by atoms with Crippen molar-refractivity contribution in [3.8, 4) is 0 Å². The summed E-state index contributed by atoms with van der Waals surface area (Å²) in [5, 5.41) is 3.28. The predicted molar refractivity (Wildman–Crippen MR) is 87.6 cm³/mol. The van der Waals surface area contributed by atoms with Crippen molar-refractivity contribution < 1.29 is 9.59 Å². The van der Waals surface area contributed by atoms with Crippen LogP contribution in [-0.4, -0.2) is 54.0 Å². The molecule has 0 aromatic heterocycles. The molecule has 2 atom stereocenters. The van der Waals surface area contributed by atoms with Crippen LogP contribution in [0.3, 0.4) is 0 Å². The Morgan fingerprint density at radius 1 is 0.955 bits per heavy atom. The van der Waals surface area contributed by atoms with Crippen LogP contribution in [0.25, 0.3) is 0 Å². The summed E-state index contributed by atoms with van der Waals surface area (Å²) in [6.45, 7) is 8.92. The average Bonchev–Trinajstić information content (AvgIpc) is 2.73. The maximum atomic E-state index is 12.6. The zero-order valence-corrected chi connectivity index (χ0v) is 14.3. The molecular formula is C17H31N3O2. The minimum atomic E-state index is 0.0583. The van der Waals surface area contributed by atoms with Gasteiger partial charge in [0.05, 0.1) is 0 Å². The van der Waals surface area contributed by atoms with Crippen LogP contribution in [0.15, 0.2) is 0 Å². The molecule has 0 aromatic carbocycles. The van der Waals surface area contributed by atoms with E-state index in [1.165, 1.54) is 19.3 Å². The second kappa shape index (κ2) is 7.84. The molecule has 2 rings (SSSR count). The summed E-state index contributed by atoms with van der Waals surface area (Å²) in [6.07, 6.45) is 5.69. The third-order valence-corrected chi connectivity index (χ3v) is 5.21. The van der Waals surface area contributed by atoms with Crippen molar-refractivity contribution in [2.24, 2.45) is 11.8 Å². The van der Waals surface area contributed by atoms with Gasteiger partial charge in [-0.15, -0.1) is 0 Å². The Bertz CT molecular complexity index is 397. The van der Waals surface area contributed by atoms with Gasteiger partial charge in [0.1, 0.15) is 0 Å². The molecule has 2 fully saturated rings. The highest BCUT2D eigenvalue weighted by molar-refractivity contribution is 5.75. The van der Waals surface area contributed by atoms with Crippen molar-refractivity contribution in [3.05, 3.63) is 0 Å². The summed E-state index contributed by atoms with van der Waals surface area (Å²) in [7, 11) is 0. The van der Waals surface area contributed by atoms with Crippen LogP contribution in [0.4, 0.5) is 4.79 Å². The van der Waals surface area contributed by atoms with Crippen molar-refractivity contribution in [2.45, 2.75) is 58.9 Å². The molecule has 1 saturated carbocycles. The summed E-state index contributed by atoms with van der Waals surface area (Å²) in [5.41, 5.74) is 0. The first-order valence-electron chi connectivity index (χ1n) is 8.80. The summed E-state index contributed by atoms with van der Waals surface area (Å²) >= 11 is 0. The maximum absolute atomic E-state index is 12.6. The molecule has 1 aliphatic carbocycles. The van der Waals surface area contributed by atoms with Gasteiger partial charge in [0.25, 0.3) is 0 Å². The van der Waals surface area contributed by atoms with Gasteiger partial charge in [-0.3, -0.25) is 4.79 Å². The number of amides is 3. The fraction of sp³-hybridized carbons (Fsp3) is 0.882. The van der Waals surface area contributed by atoms with Gasteiger partial charge in [0.15, 0.2) is 0 Å². The molecule has 5 heteroatoms. The lowest BCUT2D eigenvalue weighted by atomic mass is 9.78. The molecule has 2 aliphatic rings. The van der Waals surface area contributed by atoms with E-state index in [0.29, 0.717) is 31.0 Å². The van der Waals surface area contributed by atoms with E-state index in [-0.39, 0.29) is 11.9 Å². The number of carbonyl (C=O) groups excluding carboxylic acids is 2. The number of carbonyl (C=O) groups is 2. The largest absolute Gasteiger partial charge is 0.341 e. The fourth-order valence-electron chi connectivity index (χ4n) is 3.82. The summed E-state index contributed by atoms with van der Waals surface area (Å²) in [6, 6.07) is 0.372. The lowest BCUT2D eigenvalue weighted by molar-refractivity contribution is -0.128. The first kappa shape index (κ1) is 17.1. The second-order valence-corrected chi connectivity index (χ2v) is 7.09. The zero-order chi connectivity index (χ0) is 16.1. The van der Waals surface area contributed by atoms with Gasteiger partial charge in [-0.05, 0) is 31.1 Å². The lowest BCUT2D eigenvalue weighted by Crippen LogP contribution is -2.50. The van der Waals surface area contributed by atoms with Gasteiger partial charge in [-0.2, -0.15) is 0 Å². The summed E-state index contributed by atoms with van der Waals surface area (Å²) < 4.78 is 0. The van der Waals surface area contributed by atoms with Crippen molar-refractivity contribution in [1.82, 2.24) is 15.1 Å². The molecular weight excluding hydrogens is 278 g/mol. The van der Waals surface area contributed by atoms with Crippen molar-refractivity contribution >= 4 is 11.9 Å². The highest BCUT2D eigenvalue weighted by Crippen LogP contribution is 2.30. The second-order valence-electron chi connectivity index (χ2n) is 7.09. The fourth-order valence-corrected chi connectivity index (χ4v) is 3.82. The molecule has 0 unspecified atom stereocenters. The van der Waals surface area contributed by atoms with Gasteiger partial charge in [-0.1, -0.05) is 26.7 Å². The van der Waals surface area contributed by atoms with E-state index in [2.05, 4.69) is 19.2 Å². The number of hydrogen-bond acceptors (Lipinski definition) is 2. The van der Waals surface area contributed by atoms with Gasteiger partial charge < -0.3 is 15.1 Å². The van der Waals surface area contributed by atoms with E-state index in [1.807, 2.05) is 9.80 Å². The molecule has 1 aliphatic heterocycles. The van der Waals surface area contributed by atoms with Crippen LogP contribution in [0.2, 0.25) is 0 Å². The Kier molecular flexibility index (Phi) is 6.09. The Morgan fingerprint density at radius 3 is 2.27 bits per heavy atom. The first-order chi connectivity index (χ1) is 10.5. The number of rotatable bonds is 2. The molecule has 1 N–H and O–H groups in total. The van der Waals surface area contributed by atoms with Gasteiger partial charge in [-0.25, -0.2) is 4.79 Å². The predicted octanol–water partition coefficient (Wildman–Crippen LogP) is 2.46. The van der Waals surface area contributed by atoms with Crippen LogP contribution >= 0.6 is 0 Å². The van der Waals surface area contributed by atoms with E-state index >= 15 is 0 Å². The Morgan fingerprint density at radius 2 is 1.59 bits per heavy atom. The maximum Gasteiger partial charge on any atom is 0.317 e. The smallest absolute Gasteiger partial charge is 0.317 e. The highest BCUT2D eigenvalue weighted by Gasteiger charge is 2.30. The van der Waals surface area contributed by atoms with Crippen molar-refractivity contribution in [1.29, 1.82) is 0 Å². The zero-order valence-electron chi connectivity index (χ0n) is 14.3. The minimum Gasteiger partial charge on any atom is -0.341 e. The Hall–Kier alpha value is -1.26. The molecule has 22 heavy (non-hydrogen) atoms. The van der Waals surface area contributed by atoms with Gasteiger partial charge >= 0.3 is 6.03 Å². The number of nitrogens with zero attached hydrogens (tertiary/aromatic N) is 2. The lowest BCUT2D eigenvalue weighted by Gasteiger charge is -2.36. The normalized spacial score (nSPS) is 26.7. The third-order valence-electron chi connectivity index (χ3n) is 5.21. The molecule has 0 bridgehead atoms. The third kappa shape index (κ3) is 4.37. The standard InChI is InChI=1S/C17H31N3O2/c1-13(2)15-7-4-5-8-16(15)18-17(22)20-10-6-9-19(11-12-20)14(3)21/h13,15-16H,4-12H2,1-3H3,(H,18,22)/t15-,16-/m1/s1. The molecule has 126 valence electrons. The molecule has 3 amide bonds. The van der Waals surface area contributed by atoms with Gasteiger partial charge in [0.2, 0.25) is 5.91 Å². The summed E-state index contributed by atoms with van der Waals surface area (Å²) in [4.78, 5) is 27.8.